The highest BCUT2D eigenvalue weighted by atomic mass is 35.5. The van der Waals surface area contributed by atoms with Crippen LogP contribution in [0, 0.1) is 23.7 Å². The van der Waals surface area contributed by atoms with Gasteiger partial charge in [-0.2, -0.15) is 0 Å². The Kier molecular flexibility index (Phi) is 11.4. The maximum Gasteiger partial charge on any atom is 0.341 e. The zero-order chi connectivity index (χ0) is 42.4. The number of nitrogens with two attached hydrogens (primary N) is 1. The topological polar surface area (TPSA) is 198 Å². The van der Waals surface area contributed by atoms with Gasteiger partial charge in [-0.1, -0.05) is 48.1 Å². The number of fused-ring (bicyclic) bond motifs is 9. The van der Waals surface area contributed by atoms with Crippen molar-refractivity contribution >= 4 is 35.1 Å². The van der Waals surface area contributed by atoms with E-state index in [-0.39, 0.29) is 56.8 Å². The first-order valence-corrected chi connectivity index (χ1v) is 18.9. The number of nitrogens with zero attached hydrogens (tertiary/aromatic N) is 1. The van der Waals surface area contributed by atoms with Crippen molar-refractivity contribution in [2.24, 2.45) is 5.73 Å². The molecular weight excluding hydrogens is 786 g/mol. The molecule has 15 nitrogen and oxygen atoms in total. The van der Waals surface area contributed by atoms with E-state index >= 15 is 0 Å². The SMILES string of the molecule is C=C1Oc2cc(OC)cc(C(=O)O[C@H]3COC(=O)C[C@H](N)c4ccc(c(Cl)c4)O[C@@H]4C#C/C=C/3C#CC3=CC=C[C@@]34OC3OC(C)(C)C(N(C)C)C(O)C3O)c2NC1=O. The van der Waals surface area contributed by atoms with Crippen molar-refractivity contribution in [1.82, 2.24) is 4.90 Å². The molecule has 6 aliphatic rings. The molecule has 308 valence electrons. The number of aliphatic hydroxyl groups excluding tert-OH is 2. The fourth-order valence-corrected chi connectivity index (χ4v) is 7.77. The van der Waals surface area contributed by atoms with Crippen molar-refractivity contribution in [3.05, 3.63) is 94.3 Å². The Morgan fingerprint density at radius 3 is 2.63 bits per heavy atom. The Hall–Kier alpha value is -5.62. The molecule has 0 aromatic heterocycles. The second-order valence-electron chi connectivity index (χ2n) is 15.1. The highest BCUT2D eigenvalue weighted by Crippen LogP contribution is 2.42. The summed E-state index contributed by atoms with van der Waals surface area (Å²) in [5.74, 6) is 10.1. The molecule has 0 spiro atoms. The average Bonchev–Trinajstić information content (AvgIpc) is 3.60. The first-order chi connectivity index (χ1) is 28.0. The van der Waals surface area contributed by atoms with Gasteiger partial charge in [-0.25, -0.2) is 4.79 Å². The summed E-state index contributed by atoms with van der Waals surface area (Å²) < 4.78 is 42.2. The summed E-state index contributed by atoms with van der Waals surface area (Å²) in [4.78, 5) is 41.6. The van der Waals surface area contributed by atoms with E-state index in [2.05, 4.69) is 35.6 Å². The van der Waals surface area contributed by atoms with Crippen molar-refractivity contribution in [2.75, 3.05) is 33.1 Å². The van der Waals surface area contributed by atoms with Crippen LogP contribution < -0.4 is 25.3 Å². The van der Waals surface area contributed by atoms with Crippen LogP contribution in [-0.2, 0) is 28.5 Å². The molecule has 2 aromatic carbocycles. The second kappa shape index (κ2) is 16.2. The van der Waals surface area contributed by atoms with Crippen LogP contribution in [0.15, 0.2) is 78.1 Å². The molecule has 8 rings (SSSR count). The van der Waals surface area contributed by atoms with Crippen molar-refractivity contribution in [2.45, 2.75) is 74.3 Å². The van der Waals surface area contributed by atoms with Gasteiger partial charge in [0.25, 0.3) is 5.91 Å². The van der Waals surface area contributed by atoms with Crippen LogP contribution >= 0.6 is 11.6 Å². The Morgan fingerprint density at radius 1 is 1.12 bits per heavy atom. The number of rotatable bonds is 6. The number of hydrogen-bond acceptors (Lipinski definition) is 14. The molecule has 4 aliphatic heterocycles. The first kappa shape index (κ1) is 41.5. The quantitative estimate of drug-likeness (QED) is 0.188. The number of hydrogen-bond donors (Lipinski definition) is 4. The third-order valence-corrected chi connectivity index (χ3v) is 10.7. The van der Waals surface area contributed by atoms with E-state index in [0.717, 1.165) is 0 Å². The summed E-state index contributed by atoms with van der Waals surface area (Å²) in [7, 11) is 4.93. The number of carbonyl (C=O) groups excluding carboxylic acids is 3. The van der Waals surface area contributed by atoms with Gasteiger partial charge in [0.2, 0.25) is 0 Å². The van der Waals surface area contributed by atoms with Gasteiger partial charge in [0.1, 0.15) is 30.3 Å². The maximum atomic E-state index is 14.1. The fourth-order valence-electron chi connectivity index (χ4n) is 7.54. The van der Waals surface area contributed by atoms with Gasteiger partial charge in [-0.05, 0) is 69.8 Å². The largest absolute Gasteiger partial charge is 0.497 e. The van der Waals surface area contributed by atoms with E-state index in [9.17, 15) is 24.6 Å². The summed E-state index contributed by atoms with van der Waals surface area (Å²) >= 11 is 6.75. The molecule has 1 fully saturated rings. The number of amides is 1. The molecule has 16 heteroatoms. The zero-order valence-electron chi connectivity index (χ0n) is 32.7. The molecule has 2 aromatic rings. The number of carbonyl (C=O) groups is 3. The second-order valence-corrected chi connectivity index (χ2v) is 15.5. The molecule has 1 amide bonds. The van der Waals surface area contributed by atoms with Crippen LogP contribution in [0.5, 0.6) is 17.2 Å². The fraction of sp³-hybridized carbons (Fsp3) is 0.372. The minimum atomic E-state index is -1.68. The third-order valence-electron chi connectivity index (χ3n) is 10.4. The number of methoxy groups -OCH3 is 1. The minimum Gasteiger partial charge on any atom is -0.497 e. The van der Waals surface area contributed by atoms with Crippen molar-refractivity contribution in [3.8, 4) is 40.9 Å². The van der Waals surface area contributed by atoms with E-state index in [1.54, 1.807) is 69.3 Å². The molecule has 1 saturated heterocycles. The highest BCUT2D eigenvalue weighted by molar-refractivity contribution is 6.32. The number of nitrogens with one attached hydrogen (secondary N) is 1. The van der Waals surface area contributed by atoms with Gasteiger partial charge in [0.15, 0.2) is 35.6 Å². The number of likely N-dealkylation sites (N-methyl/N-ethyl adjacent to an activating group) is 1. The summed E-state index contributed by atoms with van der Waals surface area (Å²) in [6.45, 7) is 6.62. The average molecular weight is 828 g/mol. The molecule has 0 saturated carbocycles. The van der Waals surface area contributed by atoms with Crippen LogP contribution in [0.3, 0.4) is 0 Å². The number of aliphatic hydroxyl groups is 2. The third kappa shape index (κ3) is 8.07. The maximum absolute atomic E-state index is 14.1. The number of benzene rings is 2. The molecule has 4 bridgehead atoms. The Balaban J connectivity index is 1.32. The molecule has 8 atom stereocenters. The monoisotopic (exact) mass is 827 g/mol. The lowest BCUT2D eigenvalue weighted by atomic mass is 9.85. The van der Waals surface area contributed by atoms with E-state index in [0.29, 0.717) is 5.56 Å². The number of allylic oxidation sites excluding steroid dienone is 3. The number of ether oxygens (including phenoxy) is 7. The Labute approximate surface area is 345 Å². The van der Waals surface area contributed by atoms with Crippen LogP contribution in [-0.4, -0.2) is 109 Å². The summed E-state index contributed by atoms with van der Waals surface area (Å²) in [6.07, 6.45) is -0.738. The summed E-state index contributed by atoms with van der Waals surface area (Å²) in [5.41, 5.74) is 4.47. The van der Waals surface area contributed by atoms with E-state index in [1.807, 2.05) is 0 Å². The van der Waals surface area contributed by atoms with E-state index in [4.69, 9.17) is 50.5 Å². The van der Waals surface area contributed by atoms with E-state index < -0.39 is 78.4 Å². The molecule has 2 aliphatic carbocycles. The normalized spacial score (nSPS) is 30.2. The van der Waals surface area contributed by atoms with Gasteiger partial charge >= 0.3 is 11.9 Å². The number of halogens is 1. The van der Waals surface area contributed by atoms with Crippen molar-refractivity contribution in [1.29, 1.82) is 0 Å². The van der Waals surface area contributed by atoms with Crippen molar-refractivity contribution in [3.63, 3.8) is 0 Å². The van der Waals surface area contributed by atoms with Gasteiger partial charge < -0.3 is 59.3 Å². The standard InChI is InChI=1S/C43H42ClN3O12/c1-22-39(51)46-35-27(18-26(53-6)19-31(35)55-22)40(52)57-32-21-54-34(48)20-29(45)24-13-15-30(28(44)17-24)56-33-11-7-9-23(32)12-14-25-10-8-16-43(25,33)59-41-37(50)36(49)38(47(4)5)42(2,3)58-41/h8-10,13,15-19,29,32-33,36-38,41,49-50H,1,20-21,45H2,2-6H3,(H,46,51)/b23-9+/t29-,32-,33+,36?,37?,38?,41?,43+/m0/s1. The summed E-state index contributed by atoms with van der Waals surface area (Å²) in [5, 5.41) is 25.6. The number of esters is 2. The van der Waals surface area contributed by atoms with Crippen LogP contribution in [0.2, 0.25) is 5.02 Å². The molecule has 4 heterocycles. The lowest BCUT2D eigenvalue weighted by molar-refractivity contribution is -0.329. The van der Waals surface area contributed by atoms with Gasteiger partial charge in [-0.15, -0.1) is 0 Å². The molecule has 5 N–H and O–H groups in total. The highest BCUT2D eigenvalue weighted by Gasteiger charge is 2.55. The lowest BCUT2D eigenvalue weighted by Crippen LogP contribution is -2.68. The Bertz CT molecular complexity index is 2330. The van der Waals surface area contributed by atoms with Gasteiger partial charge in [0.05, 0.1) is 47.0 Å². The van der Waals surface area contributed by atoms with Gasteiger partial charge in [0, 0.05) is 23.8 Å². The van der Waals surface area contributed by atoms with E-state index in [1.165, 1.54) is 25.3 Å². The number of anilines is 1. The molecular formula is C43H42ClN3O12. The van der Waals surface area contributed by atoms with Crippen LogP contribution in [0.25, 0.3) is 0 Å². The smallest absolute Gasteiger partial charge is 0.341 e. The van der Waals surface area contributed by atoms with Crippen LogP contribution in [0.4, 0.5) is 5.69 Å². The predicted octanol–water partition coefficient (Wildman–Crippen LogP) is 3.10. The minimum absolute atomic E-state index is 0.00414. The Morgan fingerprint density at radius 2 is 1.90 bits per heavy atom. The van der Waals surface area contributed by atoms with Crippen LogP contribution in [0.1, 0.15) is 42.2 Å². The zero-order valence-corrected chi connectivity index (χ0v) is 33.5. The molecule has 4 unspecified atom stereocenters. The van der Waals surface area contributed by atoms with Crippen molar-refractivity contribution < 1.29 is 57.8 Å². The first-order valence-electron chi connectivity index (χ1n) is 18.5. The predicted molar refractivity (Wildman–Crippen MR) is 212 cm³/mol. The molecule has 0 radical (unpaired) electrons. The summed E-state index contributed by atoms with van der Waals surface area (Å²) in [6, 6.07) is 6.15. The lowest BCUT2D eigenvalue weighted by Gasteiger charge is -2.51. The van der Waals surface area contributed by atoms with Gasteiger partial charge in [-0.3, -0.25) is 9.59 Å². The molecule has 59 heavy (non-hydrogen) atoms.